The molecule has 0 aromatic carbocycles. The van der Waals surface area contributed by atoms with E-state index < -0.39 is 38.2 Å². The Labute approximate surface area is 243 Å². The van der Waals surface area contributed by atoms with Gasteiger partial charge in [-0.2, -0.15) is 16.8 Å². The Bertz CT molecular complexity index is 902. The number of allylic oxidation sites excluding steroid dienone is 1. The first kappa shape index (κ1) is 37.4. The van der Waals surface area contributed by atoms with Crippen LogP contribution in [-0.4, -0.2) is 80.1 Å². The van der Waals surface area contributed by atoms with Crippen LogP contribution in [0.5, 0.6) is 0 Å². The van der Waals surface area contributed by atoms with E-state index in [1.807, 2.05) is 19.9 Å². The maximum absolute atomic E-state index is 12.1. The van der Waals surface area contributed by atoms with Gasteiger partial charge in [0.2, 0.25) is 0 Å². The molecular weight excluding hydrogens is 560 g/mol. The molecule has 0 saturated carbocycles. The van der Waals surface area contributed by atoms with Crippen molar-refractivity contribution in [3.05, 3.63) is 12.2 Å². The molecular formula is C28H54O10S2. The SMILES string of the molecule is CCCCCCCCCC[C@@H]1OC(C)(C)O[C@@H]1CC[C@H](OS(C)(=O)=O)[C@H](CC/C=C/COCOC)OS(C)(=O)=O. The Hall–Kier alpha value is -0.600. The van der Waals surface area contributed by atoms with Crippen LogP contribution in [0.2, 0.25) is 0 Å². The van der Waals surface area contributed by atoms with Gasteiger partial charge in [0, 0.05) is 7.11 Å². The summed E-state index contributed by atoms with van der Waals surface area (Å²) in [4.78, 5) is 0. The second-order valence-corrected chi connectivity index (χ2v) is 14.3. The predicted molar refractivity (Wildman–Crippen MR) is 156 cm³/mol. The Balaban J connectivity index is 2.80. The van der Waals surface area contributed by atoms with Gasteiger partial charge in [0.15, 0.2) is 5.79 Å². The lowest BCUT2D eigenvalue weighted by Crippen LogP contribution is -2.36. The second kappa shape index (κ2) is 19.6. The smallest absolute Gasteiger partial charge is 0.264 e. The first-order valence-corrected chi connectivity index (χ1v) is 18.2. The summed E-state index contributed by atoms with van der Waals surface area (Å²) < 4.78 is 81.4. The molecule has 1 saturated heterocycles. The molecule has 0 amide bonds. The standard InChI is InChI=1S/C28H54O10S2/c1-7-8-9-10-11-12-13-15-18-24-25(36-28(2,3)35-24)20-21-27(38-40(6,31)32)26(37-39(5,29)30)19-16-14-17-22-34-23-33-4/h14,17,24-27H,7-13,15-16,18-23H2,1-6H3/b17-14+/t24-,25+,26-,27-/m0/s1. The summed E-state index contributed by atoms with van der Waals surface area (Å²) in [6, 6.07) is 0. The molecule has 0 N–H and O–H groups in total. The molecule has 0 unspecified atom stereocenters. The third-order valence-electron chi connectivity index (χ3n) is 6.57. The molecule has 0 aromatic rings. The Kier molecular flexibility index (Phi) is 18.3. The highest BCUT2D eigenvalue weighted by Gasteiger charge is 2.41. The van der Waals surface area contributed by atoms with E-state index in [9.17, 15) is 16.8 Å². The minimum absolute atomic E-state index is 0.127. The van der Waals surface area contributed by atoms with E-state index >= 15 is 0 Å². The van der Waals surface area contributed by atoms with Crippen molar-refractivity contribution < 1.29 is 44.1 Å². The molecule has 12 heteroatoms. The molecule has 40 heavy (non-hydrogen) atoms. The van der Waals surface area contributed by atoms with E-state index in [-0.39, 0.29) is 31.8 Å². The van der Waals surface area contributed by atoms with Crippen molar-refractivity contribution in [3.8, 4) is 0 Å². The van der Waals surface area contributed by atoms with Gasteiger partial charge < -0.3 is 18.9 Å². The summed E-state index contributed by atoms with van der Waals surface area (Å²) in [6.07, 6.45) is 15.0. The normalized spacial score (nSPS) is 21.2. The van der Waals surface area contributed by atoms with Crippen molar-refractivity contribution in [2.75, 3.05) is 33.0 Å². The van der Waals surface area contributed by atoms with Crippen LogP contribution in [0.4, 0.5) is 0 Å². The van der Waals surface area contributed by atoms with Crippen molar-refractivity contribution in [2.45, 2.75) is 134 Å². The number of methoxy groups -OCH3 is 1. The van der Waals surface area contributed by atoms with Gasteiger partial charge in [0.1, 0.15) is 19.0 Å². The number of hydrogen-bond acceptors (Lipinski definition) is 10. The summed E-state index contributed by atoms with van der Waals surface area (Å²) in [5.74, 6) is -0.749. The highest BCUT2D eigenvalue weighted by molar-refractivity contribution is 7.86. The van der Waals surface area contributed by atoms with Crippen LogP contribution in [0.3, 0.4) is 0 Å². The van der Waals surface area contributed by atoms with Crippen molar-refractivity contribution in [2.24, 2.45) is 0 Å². The summed E-state index contributed by atoms with van der Waals surface area (Å²) in [5, 5.41) is 0. The number of rotatable bonds is 24. The minimum atomic E-state index is -3.88. The molecule has 238 valence electrons. The van der Waals surface area contributed by atoms with Crippen LogP contribution in [0, 0.1) is 0 Å². The fourth-order valence-electron chi connectivity index (χ4n) is 4.89. The Morgan fingerprint density at radius 2 is 1.30 bits per heavy atom. The summed E-state index contributed by atoms with van der Waals surface area (Å²) in [7, 11) is -6.22. The first-order valence-electron chi connectivity index (χ1n) is 14.6. The second-order valence-electron chi connectivity index (χ2n) is 11.1. The van der Waals surface area contributed by atoms with Gasteiger partial charge in [0.25, 0.3) is 20.2 Å². The van der Waals surface area contributed by atoms with Crippen LogP contribution >= 0.6 is 0 Å². The Morgan fingerprint density at radius 3 is 1.85 bits per heavy atom. The molecule has 0 radical (unpaired) electrons. The number of ether oxygens (including phenoxy) is 4. The van der Waals surface area contributed by atoms with Gasteiger partial charge in [0.05, 0.1) is 31.3 Å². The molecule has 0 spiro atoms. The third-order valence-corrected chi connectivity index (χ3v) is 7.77. The number of hydrogen-bond donors (Lipinski definition) is 0. The molecule has 4 atom stereocenters. The molecule has 0 aromatic heterocycles. The van der Waals surface area contributed by atoms with Crippen LogP contribution in [0.1, 0.15) is 104 Å². The highest BCUT2D eigenvalue weighted by atomic mass is 32.2. The predicted octanol–water partition coefficient (Wildman–Crippen LogP) is 5.46. The average molecular weight is 615 g/mol. The lowest BCUT2D eigenvalue weighted by molar-refractivity contribution is -0.147. The fraction of sp³-hybridized carbons (Fsp3) is 0.929. The lowest BCUT2D eigenvalue weighted by Gasteiger charge is -2.27. The molecule has 1 aliphatic heterocycles. The summed E-state index contributed by atoms with van der Waals surface area (Å²) >= 11 is 0. The largest absolute Gasteiger partial charge is 0.359 e. The highest BCUT2D eigenvalue weighted by Crippen LogP contribution is 2.34. The first-order chi connectivity index (χ1) is 18.8. The van der Waals surface area contributed by atoms with Gasteiger partial charge in [-0.05, 0) is 46.0 Å². The van der Waals surface area contributed by atoms with Crippen LogP contribution < -0.4 is 0 Å². The average Bonchev–Trinajstić information content (AvgIpc) is 3.13. The number of unbranched alkanes of at least 4 members (excludes halogenated alkanes) is 7. The van der Waals surface area contributed by atoms with E-state index in [1.54, 1.807) is 6.08 Å². The molecule has 0 bridgehead atoms. The van der Waals surface area contributed by atoms with Crippen LogP contribution in [0.15, 0.2) is 12.2 Å². The van der Waals surface area contributed by atoms with Crippen molar-refractivity contribution >= 4 is 20.2 Å². The zero-order valence-electron chi connectivity index (χ0n) is 25.5. The molecule has 1 rings (SSSR count). The maximum Gasteiger partial charge on any atom is 0.264 e. The van der Waals surface area contributed by atoms with Gasteiger partial charge in [-0.15, -0.1) is 0 Å². The lowest BCUT2D eigenvalue weighted by atomic mass is 9.97. The van der Waals surface area contributed by atoms with E-state index in [0.29, 0.717) is 19.4 Å². The van der Waals surface area contributed by atoms with Gasteiger partial charge in [-0.1, -0.05) is 70.4 Å². The molecule has 0 aliphatic carbocycles. The van der Waals surface area contributed by atoms with Crippen molar-refractivity contribution in [1.82, 2.24) is 0 Å². The molecule has 1 heterocycles. The van der Waals surface area contributed by atoms with Gasteiger partial charge >= 0.3 is 0 Å². The zero-order valence-corrected chi connectivity index (χ0v) is 27.1. The van der Waals surface area contributed by atoms with Crippen LogP contribution in [0.25, 0.3) is 0 Å². The monoisotopic (exact) mass is 614 g/mol. The quantitative estimate of drug-likeness (QED) is 0.0599. The van der Waals surface area contributed by atoms with E-state index in [0.717, 1.165) is 31.8 Å². The van der Waals surface area contributed by atoms with Crippen molar-refractivity contribution in [1.29, 1.82) is 0 Å². The fourth-order valence-corrected chi connectivity index (χ4v) is 6.23. The van der Waals surface area contributed by atoms with Gasteiger partial charge in [-0.3, -0.25) is 8.37 Å². The topological polar surface area (TPSA) is 124 Å². The van der Waals surface area contributed by atoms with E-state index in [4.69, 9.17) is 27.3 Å². The molecule has 10 nitrogen and oxygen atoms in total. The third kappa shape index (κ3) is 18.8. The van der Waals surface area contributed by atoms with E-state index in [2.05, 4.69) is 6.92 Å². The Morgan fingerprint density at radius 1 is 0.775 bits per heavy atom. The maximum atomic E-state index is 12.1. The van der Waals surface area contributed by atoms with Crippen LogP contribution in [-0.2, 0) is 47.5 Å². The van der Waals surface area contributed by atoms with E-state index in [1.165, 1.54) is 45.6 Å². The zero-order chi connectivity index (χ0) is 30.1. The minimum Gasteiger partial charge on any atom is -0.359 e. The molecule has 1 fully saturated rings. The molecule has 1 aliphatic rings. The van der Waals surface area contributed by atoms with Gasteiger partial charge in [-0.25, -0.2) is 0 Å². The summed E-state index contributed by atoms with van der Waals surface area (Å²) in [5.41, 5.74) is 0. The summed E-state index contributed by atoms with van der Waals surface area (Å²) in [6.45, 7) is 6.46. The van der Waals surface area contributed by atoms with Crippen molar-refractivity contribution in [3.63, 3.8) is 0 Å².